The van der Waals surface area contributed by atoms with Crippen LogP contribution < -0.4 is 19.7 Å². The number of carbonyl (C=O) groups is 2. The average Bonchev–Trinajstić information content (AvgIpc) is 3.52. The zero-order chi connectivity index (χ0) is 30.2. The molecule has 3 aromatic carbocycles. The van der Waals surface area contributed by atoms with E-state index in [0.29, 0.717) is 39.4 Å². The van der Waals surface area contributed by atoms with Crippen LogP contribution in [0, 0.1) is 11.3 Å². The second-order valence-corrected chi connectivity index (χ2v) is 10.1. The Morgan fingerprint density at radius 3 is 2.60 bits per heavy atom. The molecule has 0 bridgehead atoms. The van der Waals surface area contributed by atoms with Gasteiger partial charge in [0.15, 0.2) is 6.10 Å². The lowest BCUT2D eigenvalue weighted by Gasteiger charge is -2.29. The molecule has 0 saturated carbocycles. The molecule has 8 nitrogen and oxygen atoms in total. The Morgan fingerprint density at radius 1 is 1.14 bits per heavy atom. The monoisotopic (exact) mass is 579 g/mol. The minimum absolute atomic E-state index is 0.0358. The van der Waals surface area contributed by atoms with Crippen LogP contribution in [0.3, 0.4) is 0 Å². The third kappa shape index (κ3) is 5.44. The summed E-state index contributed by atoms with van der Waals surface area (Å²) in [6.07, 6.45) is -5.79. The number of hydrogen-bond donors (Lipinski definition) is 1. The molecule has 42 heavy (non-hydrogen) atoms. The van der Waals surface area contributed by atoms with E-state index in [1.54, 1.807) is 43.3 Å². The molecular weight excluding hydrogens is 551 g/mol. The molecule has 0 saturated heterocycles. The summed E-state index contributed by atoms with van der Waals surface area (Å²) in [4.78, 5) is 25.1. The maximum Gasteiger partial charge on any atom is 0.471 e. The van der Waals surface area contributed by atoms with Crippen LogP contribution in [-0.4, -0.2) is 30.8 Å². The maximum absolute atomic E-state index is 13.9. The lowest BCUT2D eigenvalue weighted by molar-refractivity contribution is -0.171. The molecule has 11 heteroatoms. The number of benzene rings is 3. The summed E-state index contributed by atoms with van der Waals surface area (Å²) in [6.45, 7) is 4.70. The predicted molar refractivity (Wildman–Crippen MR) is 147 cm³/mol. The fourth-order valence-electron chi connectivity index (χ4n) is 5.43. The number of esters is 1. The number of anilines is 2. The highest BCUT2D eigenvalue weighted by atomic mass is 19.4. The quantitative estimate of drug-likeness (QED) is 0.318. The van der Waals surface area contributed by atoms with E-state index in [1.807, 2.05) is 13.0 Å². The molecule has 218 valence electrons. The zero-order valence-corrected chi connectivity index (χ0v) is 23.1. The number of ether oxygens (including phenoxy) is 3. The van der Waals surface area contributed by atoms with Crippen molar-refractivity contribution >= 4 is 23.3 Å². The summed E-state index contributed by atoms with van der Waals surface area (Å²) < 4.78 is 58.9. The fraction of sp³-hybridized carbons (Fsp3) is 0.323. The van der Waals surface area contributed by atoms with Crippen LogP contribution in [0.15, 0.2) is 60.7 Å². The molecule has 2 aliphatic rings. The Labute approximate surface area is 240 Å². The number of rotatable bonds is 7. The number of nitriles is 1. The van der Waals surface area contributed by atoms with Gasteiger partial charge in [-0.15, -0.1) is 0 Å². The molecule has 2 heterocycles. The van der Waals surface area contributed by atoms with Gasteiger partial charge in [0.05, 0.1) is 29.4 Å². The molecule has 1 N–H and O–H groups in total. The summed E-state index contributed by atoms with van der Waals surface area (Å²) in [6, 6.07) is 17.3. The molecule has 2 unspecified atom stereocenters. The Bertz CT molecular complexity index is 1570. The summed E-state index contributed by atoms with van der Waals surface area (Å²) in [5.74, 6) is -2.00. The molecule has 0 radical (unpaired) electrons. The van der Waals surface area contributed by atoms with Crippen LogP contribution in [0.25, 0.3) is 0 Å². The van der Waals surface area contributed by atoms with Gasteiger partial charge in [-0.25, -0.2) is 0 Å². The number of hydrogen-bond acceptors (Lipinski definition) is 7. The highest BCUT2D eigenvalue weighted by Crippen LogP contribution is 2.47. The standard InChI is InChI=1S/C31H28F3N3O5/c1-4-24(20-8-5-7-19(13-20)15-35)36-25-10-6-9-22-26(16-40-29(22)25)37(30(39)31(32,33)34)21-11-12-23-27(14-21)41-17(2)28(23)42-18(3)38/h5-14,17,24,26,28,36H,4,16H2,1-3H3/t17?,24?,26-,28-/m1/s1. The maximum atomic E-state index is 13.9. The van der Waals surface area contributed by atoms with Gasteiger partial charge in [0.1, 0.15) is 24.2 Å². The Kier molecular flexibility index (Phi) is 7.73. The van der Waals surface area contributed by atoms with Gasteiger partial charge in [-0.1, -0.05) is 31.2 Å². The molecule has 0 aromatic heterocycles. The van der Waals surface area contributed by atoms with Crippen LogP contribution in [0.2, 0.25) is 0 Å². The number of amides is 1. The van der Waals surface area contributed by atoms with Crippen molar-refractivity contribution in [1.82, 2.24) is 0 Å². The third-order valence-corrected chi connectivity index (χ3v) is 7.33. The van der Waals surface area contributed by atoms with E-state index in [1.165, 1.54) is 25.1 Å². The van der Waals surface area contributed by atoms with E-state index in [0.717, 1.165) is 5.56 Å². The van der Waals surface area contributed by atoms with Crippen molar-refractivity contribution in [1.29, 1.82) is 5.26 Å². The first kappa shape index (κ1) is 28.8. The summed E-state index contributed by atoms with van der Waals surface area (Å²) >= 11 is 0. The number of halogens is 3. The smallest absolute Gasteiger partial charge is 0.471 e. The molecule has 5 rings (SSSR count). The minimum atomic E-state index is -5.16. The zero-order valence-electron chi connectivity index (χ0n) is 23.1. The van der Waals surface area contributed by atoms with Crippen molar-refractivity contribution in [3.05, 3.63) is 82.9 Å². The highest BCUT2D eigenvalue weighted by Gasteiger charge is 2.48. The second kappa shape index (κ2) is 11.3. The number of para-hydroxylation sites is 1. The van der Waals surface area contributed by atoms with Crippen molar-refractivity contribution < 1.29 is 37.0 Å². The topological polar surface area (TPSA) is 101 Å². The second-order valence-electron chi connectivity index (χ2n) is 10.1. The van der Waals surface area contributed by atoms with Gasteiger partial charge in [0.2, 0.25) is 0 Å². The Hall–Kier alpha value is -4.72. The van der Waals surface area contributed by atoms with Crippen molar-refractivity contribution in [2.45, 2.75) is 57.7 Å². The first-order chi connectivity index (χ1) is 20.0. The van der Waals surface area contributed by atoms with E-state index >= 15 is 0 Å². The molecule has 3 aromatic rings. The van der Waals surface area contributed by atoms with E-state index in [9.17, 15) is 28.0 Å². The minimum Gasteiger partial charge on any atom is -0.489 e. The third-order valence-electron chi connectivity index (χ3n) is 7.33. The van der Waals surface area contributed by atoms with Gasteiger partial charge in [-0.05, 0) is 49.2 Å². The van der Waals surface area contributed by atoms with Crippen molar-refractivity contribution in [3.8, 4) is 17.6 Å². The average molecular weight is 580 g/mol. The molecule has 4 atom stereocenters. The molecule has 0 spiro atoms. The number of alkyl halides is 3. The predicted octanol–water partition coefficient (Wildman–Crippen LogP) is 6.54. The Balaban J connectivity index is 1.50. The van der Waals surface area contributed by atoms with Gasteiger partial charge in [-0.2, -0.15) is 18.4 Å². The number of nitrogens with zero attached hydrogens (tertiary/aromatic N) is 2. The largest absolute Gasteiger partial charge is 0.489 e. The van der Waals surface area contributed by atoms with E-state index in [-0.39, 0.29) is 24.1 Å². The Morgan fingerprint density at radius 2 is 1.90 bits per heavy atom. The molecule has 0 aliphatic carbocycles. The lowest BCUT2D eigenvalue weighted by atomic mass is 10.0. The van der Waals surface area contributed by atoms with Gasteiger partial charge >= 0.3 is 18.1 Å². The molecular formula is C31H28F3N3O5. The van der Waals surface area contributed by atoms with Crippen LogP contribution in [0.5, 0.6) is 11.5 Å². The lowest BCUT2D eigenvalue weighted by Crippen LogP contribution is -2.44. The van der Waals surface area contributed by atoms with Gasteiger partial charge in [-0.3, -0.25) is 14.5 Å². The summed E-state index contributed by atoms with van der Waals surface area (Å²) in [5, 5.41) is 12.7. The number of nitrogens with one attached hydrogen (secondary N) is 1. The van der Waals surface area contributed by atoms with Gasteiger partial charge in [0.25, 0.3) is 0 Å². The van der Waals surface area contributed by atoms with Crippen molar-refractivity contribution in [2.24, 2.45) is 0 Å². The first-order valence-corrected chi connectivity index (χ1v) is 13.4. The van der Waals surface area contributed by atoms with Crippen LogP contribution >= 0.6 is 0 Å². The van der Waals surface area contributed by atoms with E-state index in [2.05, 4.69) is 11.4 Å². The SMILES string of the molecule is CCC(Nc1cccc2c1OC[C@H]2N(C(=O)C(F)(F)F)c1ccc2c(c1)OC(C)[C@H]2OC(C)=O)c1cccc(C#N)c1. The normalized spacial score (nSPS) is 19.4. The molecule has 2 aliphatic heterocycles. The first-order valence-electron chi connectivity index (χ1n) is 13.4. The van der Waals surface area contributed by atoms with Crippen molar-refractivity contribution in [2.75, 3.05) is 16.8 Å². The van der Waals surface area contributed by atoms with Crippen molar-refractivity contribution in [3.63, 3.8) is 0 Å². The van der Waals surface area contributed by atoms with Crippen LogP contribution in [0.1, 0.15) is 67.6 Å². The van der Waals surface area contributed by atoms with Gasteiger partial charge in [0, 0.05) is 29.8 Å². The number of fused-ring (bicyclic) bond motifs is 2. The van der Waals surface area contributed by atoms with E-state index < -0.39 is 36.3 Å². The van der Waals surface area contributed by atoms with E-state index in [4.69, 9.17) is 14.2 Å². The van der Waals surface area contributed by atoms with Gasteiger partial charge < -0.3 is 19.5 Å². The van der Waals surface area contributed by atoms with Crippen LogP contribution in [0.4, 0.5) is 24.5 Å². The molecule has 1 amide bonds. The molecule has 0 fully saturated rings. The highest BCUT2D eigenvalue weighted by molar-refractivity contribution is 5.98. The number of carbonyl (C=O) groups excluding carboxylic acids is 2. The fourth-order valence-corrected chi connectivity index (χ4v) is 5.43. The summed E-state index contributed by atoms with van der Waals surface area (Å²) in [5.41, 5.74) is 2.81. The van der Waals surface area contributed by atoms with Crippen LogP contribution in [-0.2, 0) is 14.3 Å². The summed E-state index contributed by atoms with van der Waals surface area (Å²) in [7, 11) is 0.